The van der Waals surface area contributed by atoms with E-state index in [-0.39, 0.29) is 0 Å². The zero-order valence-electron chi connectivity index (χ0n) is 15.6. The van der Waals surface area contributed by atoms with Crippen molar-refractivity contribution in [3.63, 3.8) is 0 Å². The number of likely N-dealkylation sites (tertiary alicyclic amines) is 1. The van der Waals surface area contributed by atoms with Crippen LogP contribution in [0, 0.1) is 0 Å². The van der Waals surface area contributed by atoms with Crippen molar-refractivity contribution in [2.24, 2.45) is 0 Å². The van der Waals surface area contributed by atoms with E-state index in [0.29, 0.717) is 11.8 Å². The summed E-state index contributed by atoms with van der Waals surface area (Å²) in [7, 11) is 3.36. The van der Waals surface area contributed by atoms with Crippen molar-refractivity contribution in [1.82, 2.24) is 15.1 Å². The first-order valence-electron chi connectivity index (χ1n) is 9.05. The summed E-state index contributed by atoms with van der Waals surface area (Å²) in [5.41, 5.74) is 2.20. The Morgan fingerprint density at radius 3 is 2.48 bits per heavy atom. The molecule has 0 spiro atoms. The summed E-state index contributed by atoms with van der Waals surface area (Å²) >= 11 is 1.63. The minimum atomic E-state index is 0.334. The van der Waals surface area contributed by atoms with Crippen LogP contribution in [0.3, 0.4) is 0 Å². The normalized spacial score (nSPS) is 15.8. The molecule has 0 atom stereocenters. The van der Waals surface area contributed by atoms with Crippen LogP contribution in [0.15, 0.2) is 39.4 Å². The molecule has 1 aliphatic rings. The standard InChI is InChI=1S/C20H23N3O3S/c1-24-17-9-14(10-18(11-17)25-2)12-23-6-3-15(4-7-23)19-21-22-20(26-19)16-5-8-27-13-16/h5,8-11,13,15H,3-4,6-7,12H2,1-2H3. The number of nitrogens with zero attached hydrogens (tertiary/aromatic N) is 3. The Morgan fingerprint density at radius 1 is 1.11 bits per heavy atom. The van der Waals surface area contributed by atoms with Crippen molar-refractivity contribution >= 4 is 11.3 Å². The summed E-state index contributed by atoms with van der Waals surface area (Å²) in [6.07, 6.45) is 2.04. The molecule has 0 radical (unpaired) electrons. The number of thiophene rings is 1. The van der Waals surface area contributed by atoms with Crippen LogP contribution in [0.5, 0.6) is 11.5 Å². The molecule has 27 heavy (non-hydrogen) atoms. The first kappa shape index (κ1) is 18.0. The van der Waals surface area contributed by atoms with E-state index in [0.717, 1.165) is 55.4 Å². The Labute approximate surface area is 162 Å². The fourth-order valence-electron chi connectivity index (χ4n) is 3.46. The number of rotatable bonds is 6. The second-order valence-corrected chi connectivity index (χ2v) is 7.51. The van der Waals surface area contributed by atoms with Crippen LogP contribution in [0.25, 0.3) is 11.5 Å². The van der Waals surface area contributed by atoms with Crippen molar-refractivity contribution in [3.8, 4) is 23.0 Å². The second kappa shape index (κ2) is 8.10. The lowest BCUT2D eigenvalue weighted by molar-refractivity contribution is 0.193. The fraction of sp³-hybridized carbons (Fsp3) is 0.400. The molecule has 0 aliphatic carbocycles. The third-order valence-corrected chi connectivity index (χ3v) is 5.65. The molecule has 0 saturated carbocycles. The van der Waals surface area contributed by atoms with Crippen molar-refractivity contribution < 1.29 is 13.9 Å². The van der Waals surface area contributed by atoms with Crippen molar-refractivity contribution in [2.75, 3.05) is 27.3 Å². The lowest BCUT2D eigenvalue weighted by Crippen LogP contribution is -2.32. The van der Waals surface area contributed by atoms with Crippen LogP contribution in [0.2, 0.25) is 0 Å². The number of methoxy groups -OCH3 is 2. The second-order valence-electron chi connectivity index (χ2n) is 6.73. The third-order valence-electron chi connectivity index (χ3n) is 4.96. The van der Waals surface area contributed by atoms with Crippen LogP contribution in [0.1, 0.15) is 30.2 Å². The quantitative estimate of drug-likeness (QED) is 0.634. The maximum Gasteiger partial charge on any atom is 0.248 e. The Morgan fingerprint density at radius 2 is 1.85 bits per heavy atom. The fourth-order valence-corrected chi connectivity index (χ4v) is 4.09. The minimum absolute atomic E-state index is 0.334. The molecule has 1 fully saturated rings. The summed E-state index contributed by atoms with van der Waals surface area (Å²) < 4.78 is 16.7. The van der Waals surface area contributed by atoms with Crippen LogP contribution in [0.4, 0.5) is 0 Å². The van der Waals surface area contributed by atoms with Crippen LogP contribution in [-0.2, 0) is 6.54 Å². The lowest BCUT2D eigenvalue weighted by Gasteiger charge is -2.30. The summed E-state index contributed by atoms with van der Waals surface area (Å²) in [6.45, 7) is 2.88. The van der Waals surface area contributed by atoms with Gasteiger partial charge < -0.3 is 13.9 Å². The summed E-state index contributed by atoms with van der Waals surface area (Å²) in [5.74, 6) is 3.37. The van der Waals surface area contributed by atoms with E-state index >= 15 is 0 Å². The van der Waals surface area contributed by atoms with Gasteiger partial charge in [-0.05, 0) is 55.1 Å². The number of ether oxygens (including phenoxy) is 2. The smallest absolute Gasteiger partial charge is 0.248 e. The average molecular weight is 385 g/mol. The van der Waals surface area contributed by atoms with Gasteiger partial charge in [-0.25, -0.2) is 0 Å². The van der Waals surface area contributed by atoms with E-state index in [9.17, 15) is 0 Å². The van der Waals surface area contributed by atoms with Gasteiger partial charge in [0.1, 0.15) is 11.5 Å². The number of piperidine rings is 1. The third kappa shape index (κ3) is 4.14. The molecule has 0 N–H and O–H groups in total. The first-order valence-corrected chi connectivity index (χ1v) is 9.99. The van der Waals surface area contributed by atoms with E-state index in [1.807, 2.05) is 22.9 Å². The molecular formula is C20H23N3O3S. The molecule has 0 bridgehead atoms. The number of hydrogen-bond acceptors (Lipinski definition) is 7. The highest BCUT2D eigenvalue weighted by Gasteiger charge is 2.25. The molecule has 2 aromatic heterocycles. The van der Waals surface area contributed by atoms with Gasteiger partial charge in [-0.2, -0.15) is 11.3 Å². The van der Waals surface area contributed by atoms with E-state index in [4.69, 9.17) is 13.9 Å². The lowest BCUT2D eigenvalue weighted by atomic mass is 9.96. The molecule has 6 nitrogen and oxygen atoms in total. The molecule has 142 valence electrons. The Bertz CT molecular complexity index is 848. The van der Waals surface area contributed by atoms with Gasteiger partial charge in [0.25, 0.3) is 0 Å². The van der Waals surface area contributed by atoms with Crippen LogP contribution >= 0.6 is 11.3 Å². The molecule has 0 unspecified atom stereocenters. The highest BCUT2D eigenvalue weighted by Crippen LogP contribution is 2.31. The molecule has 7 heteroatoms. The molecule has 1 aromatic carbocycles. The molecular weight excluding hydrogens is 362 g/mol. The highest BCUT2D eigenvalue weighted by molar-refractivity contribution is 7.08. The van der Waals surface area contributed by atoms with Crippen LogP contribution < -0.4 is 9.47 Å². The first-order chi connectivity index (χ1) is 13.2. The van der Waals surface area contributed by atoms with Crippen molar-refractivity contribution in [2.45, 2.75) is 25.3 Å². The van der Waals surface area contributed by atoms with E-state index in [1.54, 1.807) is 25.6 Å². The maximum absolute atomic E-state index is 5.91. The largest absolute Gasteiger partial charge is 0.497 e. The Hall–Kier alpha value is -2.38. The van der Waals surface area contributed by atoms with Crippen molar-refractivity contribution in [1.29, 1.82) is 0 Å². The summed E-state index contributed by atoms with van der Waals surface area (Å²) in [5, 5.41) is 12.5. The van der Waals surface area contributed by atoms with E-state index < -0.39 is 0 Å². The number of benzene rings is 1. The minimum Gasteiger partial charge on any atom is -0.497 e. The van der Waals surface area contributed by atoms with Gasteiger partial charge in [0.15, 0.2) is 0 Å². The number of hydrogen-bond donors (Lipinski definition) is 0. The molecule has 0 amide bonds. The van der Waals surface area contributed by atoms with Crippen molar-refractivity contribution in [3.05, 3.63) is 46.5 Å². The summed E-state index contributed by atoms with van der Waals surface area (Å²) in [6, 6.07) is 8.04. The van der Waals surface area contributed by atoms with E-state index in [1.165, 1.54) is 5.56 Å². The predicted molar refractivity (Wildman–Crippen MR) is 104 cm³/mol. The average Bonchev–Trinajstić information content (AvgIpc) is 3.40. The highest BCUT2D eigenvalue weighted by atomic mass is 32.1. The maximum atomic E-state index is 5.91. The Kier molecular flexibility index (Phi) is 5.40. The molecule has 4 rings (SSSR count). The van der Waals surface area contributed by atoms with Gasteiger partial charge in [0.05, 0.1) is 14.2 Å². The van der Waals surface area contributed by atoms with Crippen LogP contribution in [-0.4, -0.2) is 42.4 Å². The topological polar surface area (TPSA) is 60.6 Å². The predicted octanol–water partition coefficient (Wildman–Crippen LogP) is 4.19. The molecule has 1 saturated heterocycles. The van der Waals surface area contributed by atoms with Gasteiger partial charge in [-0.15, -0.1) is 10.2 Å². The molecule has 3 aromatic rings. The SMILES string of the molecule is COc1cc(CN2CCC(c3nnc(-c4ccsc4)o3)CC2)cc(OC)c1. The van der Waals surface area contributed by atoms with Gasteiger partial charge >= 0.3 is 0 Å². The van der Waals surface area contributed by atoms with Gasteiger partial charge in [0, 0.05) is 29.5 Å². The van der Waals surface area contributed by atoms with Gasteiger partial charge in [0.2, 0.25) is 11.8 Å². The van der Waals surface area contributed by atoms with Gasteiger partial charge in [-0.1, -0.05) is 0 Å². The molecule has 3 heterocycles. The summed E-state index contributed by atoms with van der Waals surface area (Å²) in [4.78, 5) is 2.45. The zero-order chi connectivity index (χ0) is 18.6. The zero-order valence-corrected chi connectivity index (χ0v) is 16.4. The Balaban J connectivity index is 1.37. The van der Waals surface area contributed by atoms with Gasteiger partial charge in [-0.3, -0.25) is 4.90 Å². The molecule has 1 aliphatic heterocycles. The monoisotopic (exact) mass is 385 g/mol. The van der Waals surface area contributed by atoms with E-state index in [2.05, 4.69) is 27.2 Å². The number of aromatic nitrogens is 2.